The van der Waals surface area contributed by atoms with Crippen LogP contribution < -0.4 is 10.1 Å². The van der Waals surface area contributed by atoms with Gasteiger partial charge >= 0.3 is 6.09 Å². The molecule has 3 aromatic rings. The quantitative estimate of drug-likeness (QED) is 0.243. The first-order valence-corrected chi connectivity index (χ1v) is 13.3. The molecule has 0 aliphatic rings. The molecule has 1 amide bonds. The first kappa shape index (κ1) is 28.3. The third-order valence-corrected chi connectivity index (χ3v) is 6.12. The molecule has 0 aliphatic carbocycles. The van der Waals surface area contributed by atoms with Crippen molar-refractivity contribution in [3.63, 3.8) is 0 Å². The fourth-order valence-electron chi connectivity index (χ4n) is 4.64. The van der Waals surface area contributed by atoms with Crippen LogP contribution in [0, 0.1) is 27.7 Å². The van der Waals surface area contributed by atoms with Crippen molar-refractivity contribution in [2.24, 2.45) is 0 Å². The molecule has 5 heteroatoms. The minimum absolute atomic E-state index is 0.395. The van der Waals surface area contributed by atoms with E-state index in [-0.39, 0.29) is 0 Å². The number of nitrogens with one attached hydrogen (secondary N) is 1. The number of unbranched alkanes of at least 4 members (excludes halogenated alkanes) is 3. The summed E-state index contributed by atoms with van der Waals surface area (Å²) in [5, 5.41) is 2.80. The van der Waals surface area contributed by atoms with Crippen LogP contribution in [0.4, 0.5) is 10.5 Å². The van der Waals surface area contributed by atoms with E-state index in [1.807, 2.05) is 26.0 Å². The Bertz CT molecular complexity index is 1100. The van der Waals surface area contributed by atoms with Crippen LogP contribution in [-0.2, 0) is 17.8 Å². The Balaban J connectivity index is 1.25. The number of carbonyl (C=O) groups excluding carboxylic acids is 1. The Morgan fingerprint density at radius 2 is 1.24 bits per heavy atom. The molecule has 0 radical (unpaired) electrons. The largest absolute Gasteiger partial charge is 0.494 e. The maximum absolute atomic E-state index is 12.0. The molecular weight excluding hydrogens is 460 g/mol. The van der Waals surface area contributed by atoms with Gasteiger partial charge in [0.25, 0.3) is 0 Å². The first-order valence-electron chi connectivity index (χ1n) is 13.3. The summed E-state index contributed by atoms with van der Waals surface area (Å²) in [5.41, 5.74) is 8.27. The van der Waals surface area contributed by atoms with Gasteiger partial charge in [-0.1, -0.05) is 47.5 Å². The third-order valence-electron chi connectivity index (χ3n) is 6.12. The normalized spacial score (nSPS) is 11.0. The molecule has 198 valence electrons. The average Bonchev–Trinajstić information content (AvgIpc) is 2.80. The van der Waals surface area contributed by atoms with E-state index in [0.29, 0.717) is 13.2 Å². The zero-order chi connectivity index (χ0) is 26.6. The fourth-order valence-corrected chi connectivity index (χ4v) is 4.64. The van der Waals surface area contributed by atoms with Crippen LogP contribution in [0.15, 0.2) is 60.7 Å². The van der Waals surface area contributed by atoms with Crippen molar-refractivity contribution in [1.29, 1.82) is 0 Å². The molecule has 0 aliphatic heterocycles. The van der Waals surface area contributed by atoms with Gasteiger partial charge in [-0.05, 0) is 107 Å². The first-order chi connectivity index (χ1) is 17.8. The van der Waals surface area contributed by atoms with E-state index < -0.39 is 6.09 Å². The van der Waals surface area contributed by atoms with Crippen molar-refractivity contribution in [3.05, 3.63) is 94.0 Å². The molecule has 0 saturated carbocycles. The number of benzene rings is 3. The van der Waals surface area contributed by atoms with Gasteiger partial charge in [-0.25, -0.2) is 4.79 Å². The molecule has 5 nitrogen and oxygen atoms in total. The maximum Gasteiger partial charge on any atom is 0.411 e. The zero-order valence-electron chi connectivity index (χ0n) is 23.1. The number of hydrogen-bond acceptors (Lipinski definition) is 4. The van der Waals surface area contributed by atoms with Gasteiger partial charge in [0.05, 0.1) is 13.2 Å². The molecular formula is C32H42N2O3. The highest BCUT2D eigenvalue weighted by Crippen LogP contribution is 2.17. The van der Waals surface area contributed by atoms with Crippen molar-refractivity contribution >= 4 is 11.8 Å². The summed E-state index contributed by atoms with van der Waals surface area (Å²) in [7, 11) is 2.16. The smallest absolute Gasteiger partial charge is 0.411 e. The lowest BCUT2D eigenvalue weighted by Gasteiger charge is -2.18. The van der Waals surface area contributed by atoms with Crippen molar-refractivity contribution in [2.75, 3.05) is 25.6 Å². The van der Waals surface area contributed by atoms with Crippen molar-refractivity contribution in [3.8, 4) is 5.75 Å². The molecule has 0 heterocycles. The van der Waals surface area contributed by atoms with E-state index in [1.165, 1.54) is 22.3 Å². The highest BCUT2D eigenvalue weighted by Gasteiger charge is 2.06. The van der Waals surface area contributed by atoms with Crippen molar-refractivity contribution in [1.82, 2.24) is 4.90 Å². The summed E-state index contributed by atoms with van der Waals surface area (Å²) in [6.45, 7) is 11.3. The van der Waals surface area contributed by atoms with E-state index in [2.05, 4.69) is 79.6 Å². The van der Waals surface area contributed by atoms with Crippen LogP contribution in [0.5, 0.6) is 5.75 Å². The lowest BCUT2D eigenvalue weighted by Crippen LogP contribution is -2.17. The van der Waals surface area contributed by atoms with Crippen molar-refractivity contribution < 1.29 is 14.3 Å². The molecule has 0 fully saturated rings. The number of rotatable bonds is 13. The minimum atomic E-state index is -0.395. The molecule has 0 atom stereocenters. The molecule has 0 unspecified atom stereocenters. The van der Waals surface area contributed by atoms with E-state index >= 15 is 0 Å². The van der Waals surface area contributed by atoms with Crippen LogP contribution in [0.2, 0.25) is 0 Å². The van der Waals surface area contributed by atoms with Gasteiger partial charge in [0.15, 0.2) is 0 Å². The van der Waals surface area contributed by atoms with Gasteiger partial charge in [-0.15, -0.1) is 0 Å². The highest BCUT2D eigenvalue weighted by molar-refractivity contribution is 5.84. The van der Waals surface area contributed by atoms with Gasteiger partial charge in [0.1, 0.15) is 5.75 Å². The van der Waals surface area contributed by atoms with Gasteiger partial charge in [-0.3, -0.25) is 10.2 Å². The highest BCUT2D eigenvalue weighted by atomic mass is 16.5. The van der Waals surface area contributed by atoms with E-state index in [1.54, 1.807) is 0 Å². The molecule has 3 rings (SSSR count). The molecule has 1 N–H and O–H groups in total. The Hall–Kier alpha value is -3.31. The molecule has 0 saturated heterocycles. The number of amides is 1. The zero-order valence-corrected chi connectivity index (χ0v) is 23.1. The van der Waals surface area contributed by atoms with Gasteiger partial charge in [0.2, 0.25) is 0 Å². The van der Waals surface area contributed by atoms with Crippen LogP contribution in [0.25, 0.3) is 0 Å². The van der Waals surface area contributed by atoms with Gasteiger partial charge in [-0.2, -0.15) is 0 Å². The Kier molecular flexibility index (Phi) is 11.0. The SMILES string of the molecule is Cc1cc(C)cc(CN(C)Cc2ccc(OCCCCCCOC(=O)Nc3cc(C)cc(C)c3)cc2)c1. The lowest BCUT2D eigenvalue weighted by atomic mass is 10.1. The third kappa shape index (κ3) is 10.7. The Morgan fingerprint density at radius 3 is 1.86 bits per heavy atom. The molecule has 0 bridgehead atoms. The van der Waals surface area contributed by atoms with Gasteiger partial charge < -0.3 is 9.47 Å². The monoisotopic (exact) mass is 502 g/mol. The topological polar surface area (TPSA) is 50.8 Å². The summed E-state index contributed by atoms with van der Waals surface area (Å²) < 4.78 is 11.2. The van der Waals surface area contributed by atoms with Crippen LogP contribution in [-0.4, -0.2) is 31.3 Å². The van der Waals surface area contributed by atoms with E-state index in [4.69, 9.17) is 9.47 Å². The molecule has 0 aromatic heterocycles. The lowest BCUT2D eigenvalue weighted by molar-refractivity contribution is 0.158. The predicted molar refractivity (Wildman–Crippen MR) is 152 cm³/mol. The van der Waals surface area contributed by atoms with Crippen molar-refractivity contribution in [2.45, 2.75) is 66.5 Å². The number of anilines is 1. The number of nitrogens with zero attached hydrogens (tertiary/aromatic N) is 1. The molecule has 0 spiro atoms. The molecule has 37 heavy (non-hydrogen) atoms. The standard InChI is InChI=1S/C32H42N2O3/c1-24-16-25(2)19-29(18-24)23-34(5)22-28-10-12-31(13-11-28)36-14-8-6-7-9-15-37-32(35)33-30-20-26(3)17-27(4)21-30/h10-13,16-21H,6-9,14-15,22-23H2,1-5H3,(H,33,35). The summed E-state index contributed by atoms with van der Waals surface area (Å²) in [4.78, 5) is 14.3. The van der Waals surface area contributed by atoms with E-state index in [0.717, 1.165) is 61.3 Å². The second-order valence-electron chi connectivity index (χ2n) is 10.2. The average molecular weight is 503 g/mol. The van der Waals surface area contributed by atoms with E-state index in [9.17, 15) is 4.79 Å². The number of aryl methyl sites for hydroxylation is 4. The second kappa shape index (κ2) is 14.4. The van der Waals surface area contributed by atoms with Gasteiger partial charge in [0, 0.05) is 18.8 Å². The summed E-state index contributed by atoms with van der Waals surface area (Å²) in [5.74, 6) is 0.909. The Labute approximate surface area is 222 Å². The maximum atomic E-state index is 12.0. The summed E-state index contributed by atoms with van der Waals surface area (Å²) >= 11 is 0. The number of carbonyl (C=O) groups is 1. The Morgan fingerprint density at radius 1 is 0.703 bits per heavy atom. The number of ether oxygens (including phenoxy) is 2. The molecule has 3 aromatic carbocycles. The minimum Gasteiger partial charge on any atom is -0.494 e. The predicted octanol–water partition coefficient (Wildman–Crippen LogP) is 7.74. The second-order valence-corrected chi connectivity index (χ2v) is 10.2. The summed E-state index contributed by atoms with van der Waals surface area (Å²) in [6, 6.07) is 21.1. The summed E-state index contributed by atoms with van der Waals surface area (Å²) in [6.07, 6.45) is 3.49. The van der Waals surface area contributed by atoms with Crippen LogP contribution in [0.1, 0.15) is 59.1 Å². The number of hydrogen-bond donors (Lipinski definition) is 1. The van der Waals surface area contributed by atoms with Crippen LogP contribution in [0.3, 0.4) is 0 Å². The fraction of sp³-hybridized carbons (Fsp3) is 0.406. The van der Waals surface area contributed by atoms with Crippen LogP contribution >= 0.6 is 0 Å².